The van der Waals surface area contributed by atoms with Gasteiger partial charge in [0.2, 0.25) is 12.2 Å². The first kappa shape index (κ1) is 44.1. The van der Waals surface area contributed by atoms with E-state index in [4.69, 9.17) is 18.9 Å². The Balaban J connectivity index is 1.20. The first-order chi connectivity index (χ1) is 27.2. The maximum absolute atomic E-state index is 12.9. The van der Waals surface area contributed by atoms with Crippen molar-refractivity contribution >= 4 is 23.9 Å². The zero-order chi connectivity index (χ0) is 40.1. The monoisotopic (exact) mass is 774 g/mol. The number of carbonyl (C=O) groups is 4. The molecule has 10 heteroatoms. The van der Waals surface area contributed by atoms with E-state index in [-0.39, 0.29) is 11.1 Å². The second-order valence-electron chi connectivity index (χ2n) is 15.4. The number of unbranched alkanes of at least 4 members (excludes halogenated alkanes) is 4. The maximum atomic E-state index is 12.9. The third-order valence-corrected chi connectivity index (χ3v) is 11.1. The normalized spacial score (nSPS) is 21.0. The number of allylic oxidation sites excluding steroid dienone is 2. The van der Waals surface area contributed by atoms with E-state index in [1.165, 1.54) is 127 Å². The molecule has 0 heterocycles. The predicted octanol–water partition coefficient (Wildman–Crippen LogP) is 10.3. The van der Waals surface area contributed by atoms with E-state index in [1.54, 1.807) is 24.3 Å². The van der Waals surface area contributed by atoms with E-state index < -0.39 is 36.1 Å². The molecule has 0 radical (unpaired) electrons. The molecule has 2 aliphatic rings. The first-order valence-corrected chi connectivity index (χ1v) is 20.8. The van der Waals surface area contributed by atoms with Crippen molar-refractivity contribution in [2.24, 2.45) is 23.7 Å². The van der Waals surface area contributed by atoms with Gasteiger partial charge in [0.15, 0.2) is 0 Å². The van der Waals surface area contributed by atoms with Crippen LogP contribution >= 0.6 is 0 Å². The molecule has 2 aliphatic carbocycles. The van der Waals surface area contributed by atoms with Crippen LogP contribution in [0.25, 0.3) is 0 Å². The number of aliphatic carboxylic acids is 2. The molecular formula is C46H62O10. The first-order valence-electron chi connectivity index (χ1n) is 20.8. The molecule has 2 atom stereocenters. The molecule has 2 N–H and O–H groups in total. The summed E-state index contributed by atoms with van der Waals surface area (Å²) in [6, 6.07) is 11.7. The number of hydrogen-bond donors (Lipinski definition) is 2. The summed E-state index contributed by atoms with van der Waals surface area (Å²) >= 11 is 0. The molecule has 0 bridgehead atoms. The summed E-state index contributed by atoms with van der Waals surface area (Å²) in [7, 11) is 0. The van der Waals surface area contributed by atoms with E-state index in [0.717, 1.165) is 11.8 Å². The third kappa shape index (κ3) is 15.1. The van der Waals surface area contributed by atoms with Gasteiger partial charge >= 0.3 is 23.9 Å². The van der Waals surface area contributed by atoms with Crippen LogP contribution in [0.5, 0.6) is 11.5 Å². The minimum atomic E-state index is -2.30. The number of benzene rings is 2. The highest BCUT2D eigenvalue weighted by molar-refractivity contribution is 5.95. The van der Waals surface area contributed by atoms with Gasteiger partial charge in [0.25, 0.3) is 0 Å². The van der Waals surface area contributed by atoms with Gasteiger partial charge in [0, 0.05) is 0 Å². The number of carboxylic acid groups (broad SMARTS) is 2. The number of carboxylic acids is 2. The molecule has 0 unspecified atom stereocenters. The Morgan fingerprint density at radius 2 is 0.929 bits per heavy atom. The Kier molecular flexibility index (Phi) is 19.0. The van der Waals surface area contributed by atoms with Crippen molar-refractivity contribution in [1.82, 2.24) is 0 Å². The van der Waals surface area contributed by atoms with Crippen molar-refractivity contribution in [3.63, 3.8) is 0 Å². The van der Waals surface area contributed by atoms with Crippen molar-refractivity contribution in [2.75, 3.05) is 13.2 Å². The second kappa shape index (κ2) is 24.1. The predicted molar refractivity (Wildman–Crippen MR) is 215 cm³/mol. The van der Waals surface area contributed by atoms with Crippen LogP contribution in [0.2, 0.25) is 0 Å². The number of ether oxygens (including phenoxy) is 4. The molecule has 0 aliphatic heterocycles. The van der Waals surface area contributed by atoms with Crippen molar-refractivity contribution in [1.29, 1.82) is 0 Å². The lowest BCUT2D eigenvalue weighted by atomic mass is 9.79. The van der Waals surface area contributed by atoms with Crippen LogP contribution in [-0.4, -0.2) is 59.5 Å². The van der Waals surface area contributed by atoms with E-state index >= 15 is 0 Å². The molecule has 2 aromatic rings. The fraction of sp³-hybridized carbons (Fsp3) is 0.565. The van der Waals surface area contributed by atoms with Gasteiger partial charge in [0.1, 0.15) is 24.7 Å². The largest absolute Gasteiger partial charge is 0.490 e. The average Bonchev–Trinajstić information content (AvgIpc) is 3.21. The van der Waals surface area contributed by atoms with Crippen molar-refractivity contribution in [3.05, 3.63) is 84.0 Å². The SMILES string of the molecule is CCCCC[C@H]1CC[C@H](C=CCOc2ccc(C(=O)O[C@@H](C(=O)O)[C@@H](OC(=O)c3ccc(OCC=C[C@H]4CC[C@H](CCCCC)CC4)cc3)C(=O)O)cc2)CC1. The van der Waals surface area contributed by atoms with Gasteiger partial charge in [-0.15, -0.1) is 0 Å². The van der Waals surface area contributed by atoms with Gasteiger partial charge in [0.05, 0.1) is 11.1 Å². The fourth-order valence-corrected chi connectivity index (χ4v) is 7.71. The van der Waals surface area contributed by atoms with Crippen LogP contribution in [0.15, 0.2) is 72.8 Å². The highest BCUT2D eigenvalue weighted by Crippen LogP contribution is 2.34. The Morgan fingerprint density at radius 3 is 1.25 bits per heavy atom. The van der Waals surface area contributed by atoms with Gasteiger partial charge in [-0.3, -0.25) is 0 Å². The van der Waals surface area contributed by atoms with Gasteiger partial charge < -0.3 is 29.2 Å². The molecule has 2 fully saturated rings. The highest BCUT2D eigenvalue weighted by Gasteiger charge is 2.41. The van der Waals surface area contributed by atoms with E-state index in [0.29, 0.717) is 36.5 Å². The Bertz CT molecular complexity index is 1430. The zero-order valence-electron chi connectivity index (χ0n) is 33.3. The lowest BCUT2D eigenvalue weighted by Gasteiger charge is -2.26. The highest BCUT2D eigenvalue weighted by atomic mass is 16.6. The van der Waals surface area contributed by atoms with Crippen molar-refractivity contribution in [3.8, 4) is 11.5 Å². The minimum Gasteiger partial charge on any atom is -0.490 e. The summed E-state index contributed by atoms with van der Waals surface area (Å²) in [5.74, 6) is -1.94. The maximum Gasteiger partial charge on any atom is 0.349 e. The van der Waals surface area contributed by atoms with Gasteiger partial charge in [-0.25, -0.2) is 19.2 Å². The topological polar surface area (TPSA) is 146 Å². The van der Waals surface area contributed by atoms with Crippen molar-refractivity contribution in [2.45, 2.75) is 129 Å². The van der Waals surface area contributed by atoms with Crippen LogP contribution in [0.3, 0.4) is 0 Å². The molecule has 0 amide bonds. The molecule has 0 saturated heterocycles. The molecule has 4 rings (SSSR count). The quantitative estimate of drug-likeness (QED) is 0.0635. The summed E-state index contributed by atoms with van der Waals surface area (Å²) < 4.78 is 21.7. The smallest absolute Gasteiger partial charge is 0.349 e. The molecule has 10 nitrogen and oxygen atoms in total. The summed E-state index contributed by atoms with van der Waals surface area (Å²) in [5.41, 5.74) is -0.0538. The van der Waals surface area contributed by atoms with Gasteiger partial charge in [-0.2, -0.15) is 0 Å². The Labute approximate surface area is 332 Å². The van der Waals surface area contributed by atoms with Crippen LogP contribution < -0.4 is 9.47 Å². The molecule has 56 heavy (non-hydrogen) atoms. The minimum absolute atomic E-state index is 0.0269. The lowest BCUT2D eigenvalue weighted by molar-refractivity contribution is -0.166. The lowest BCUT2D eigenvalue weighted by Crippen LogP contribution is -2.45. The number of rotatable bonds is 23. The van der Waals surface area contributed by atoms with Crippen LogP contribution in [-0.2, 0) is 19.1 Å². The van der Waals surface area contributed by atoms with E-state index in [2.05, 4.69) is 26.0 Å². The molecule has 306 valence electrons. The van der Waals surface area contributed by atoms with Crippen LogP contribution in [0.1, 0.15) is 137 Å². The molecule has 2 aromatic carbocycles. The van der Waals surface area contributed by atoms with Crippen LogP contribution in [0, 0.1) is 23.7 Å². The zero-order valence-corrected chi connectivity index (χ0v) is 33.3. The summed E-state index contributed by atoms with van der Waals surface area (Å²) in [4.78, 5) is 49.9. The number of esters is 2. The van der Waals surface area contributed by atoms with E-state index in [1.807, 2.05) is 12.2 Å². The van der Waals surface area contributed by atoms with Crippen molar-refractivity contribution < 1.29 is 48.3 Å². The molecule has 2 saturated carbocycles. The average molecular weight is 775 g/mol. The molecule has 0 spiro atoms. The Hall–Kier alpha value is -4.60. The number of hydrogen-bond acceptors (Lipinski definition) is 8. The summed E-state index contributed by atoms with van der Waals surface area (Å²) in [5, 5.41) is 19.6. The second-order valence-corrected chi connectivity index (χ2v) is 15.4. The van der Waals surface area contributed by atoms with Gasteiger partial charge in [-0.1, -0.05) is 89.5 Å². The number of carbonyl (C=O) groups excluding carboxylic acids is 2. The summed E-state index contributed by atoms with van der Waals surface area (Å²) in [6.07, 6.45) is 24.2. The molecular weight excluding hydrogens is 712 g/mol. The van der Waals surface area contributed by atoms with Gasteiger partial charge in [-0.05, 0) is 124 Å². The third-order valence-electron chi connectivity index (χ3n) is 11.1. The fourth-order valence-electron chi connectivity index (χ4n) is 7.71. The standard InChI is InChI=1S/C46H62O10/c1-3-5-7-11-33-15-19-35(20-16-33)13-9-31-53-39-27-23-37(24-28-39)45(51)55-41(43(47)48)42(44(49)50)56-46(52)38-25-29-40(30-26-38)54-32-10-14-36-21-17-34(18-22-36)12-8-6-4-2/h9-10,13-14,23-30,33-36,41-42H,3-8,11-12,15-22,31-32H2,1-2H3,(H,47,48)(H,49,50)/t33-,34-,35-,36-,41-,42-/m1/s1. The molecule has 0 aromatic heterocycles. The summed E-state index contributed by atoms with van der Waals surface area (Å²) in [6.45, 7) is 5.20. The van der Waals surface area contributed by atoms with Crippen LogP contribution in [0.4, 0.5) is 0 Å². The van der Waals surface area contributed by atoms with E-state index in [9.17, 15) is 29.4 Å². The Morgan fingerprint density at radius 1 is 0.571 bits per heavy atom.